The lowest BCUT2D eigenvalue weighted by Crippen LogP contribution is -2.33. The molecule has 1 aromatic carbocycles. The molecule has 114 valence electrons. The minimum absolute atomic E-state index is 0.218. The number of rotatable bonds is 7. The molecule has 2 aromatic rings. The second-order valence-electron chi connectivity index (χ2n) is 5.18. The van der Waals surface area contributed by atoms with Gasteiger partial charge >= 0.3 is 0 Å². The van der Waals surface area contributed by atoms with Crippen LogP contribution in [0.25, 0.3) is 0 Å². The molecule has 0 aliphatic rings. The van der Waals surface area contributed by atoms with E-state index in [9.17, 15) is 0 Å². The molecule has 0 fully saturated rings. The summed E-state index contributed by atoms with van der Waals surface area (Å²) in [6, 6.07) is 8.47. The highest BCUT2D eigenvalue weighted by Crippen LogP contribution is 2.22. The highest BCUT2D eigenvalue weighted by Gasteiger charge is 2.22. The third kappa shape index (κ3) is 4.14. The van der Waals surface area contributed by atoms with E-state index in [2.05, 4.69) is 58.2 Å². The van der Waals surface area contributed by atoms with Crippen molar-refractivity contribution in [3.05, 3.63) is 46.0 Å². The maximum absolute atomic E-state index is 5.45. The standard InChI is InChI=1S/C16H22BrN3O/c1-4-14(18-5-2)11(3)16-19-15(20-21-16)10-12-8-6-7-9-13(12)17/h6-9,11,14,18H,4-5,10H2,1-3H3. The molecule has 0 spiro atoms. The second kappa shape index (κ2) is 7.71. The molecule has 5 heteroatoms. The van der Waals surface area contributed by atoms with E-state index in [1.807, 2.05) is 18.2 Å². The van der Waals surface area contributed by atoms with Crippen LogP contribution in [-0.2, 0) is 6.42 Å². The fraction of sp³-hybridized carbons (Fsp3) is 0.500. The van der Waals surface area contributed by atoms with Crippen molar-refractivity contribution in [1.29, 1.82) is 0 Å². The van der Waals surface area contributed by atoms with Crippen molar-refractivity contribution in [2.45, 2.75) is 45.6 Å². The van der Waals surface area contributed by atoms with E-state index in [4.69, 9.17) is 4.52 Å². The SMILES string of the molecule is CCNC(CC)C(C)c1nc(Cc2ccccc2Br)no1. The molecule has 2 atom stereocenters. The van der Waals surface area contributed by atoms with Crippen LogP contribution in [0.5, 0.6) is 0 Å². The molecule has 0 amide bonds. The molecule has 0 aliphatic carbocycles. The first-order valence-corrected chi connectivity index (χ1v) is 8.24. The first kappa shape index (κ1) is 16.2. The van der Waals surface area contributed by atoms with Crippen molar-refractivity contribution < 1.29 is 4.52 Å². The predicted molar refractivity (Wildman–Crippen MR) is 87.4 cm³/mol. The Labute approximate surface area is 134 Å². The van der Waals surface area contributed by atoms with E-state index in [0.29, 0.717) is 18.4 Å². The zero-order valence-corrected chi connectivity index (χ0v) is 14.4. The maximum atomic E-state index is 5.45. The summed E-state index contributed by atoms with van der Waals surface area (Å²) in [5, 5.41) is 7.58. The summed E-state index contributed by atoms with van der Waals surface area (Å²) in [4.78, 5) is 4.56. The van der Waals surface area contributed by atoms with Gasteiger partial charge in [0.15, 0.2) is 5.82 Å². The van der Waals surface area contributed by atoms with E-state index < -0.39 is 0 Å². The summed E-state index contributed by atoms with van der Waals surface area (Å²) in [5.41, 5.74) is 1.16. The van der Waals surface area contributed by atoms with E-state index in [0.717, 1.165) is 28.8 Å². The molecule has 0 bridgehead atoms. The Hall–Kier alpha value is -1.20. The molecule has 0 aliphatic heterocycles. The molecule has 21 heavy (non-hydrogen) atoms. The van der Waals surface area contributed by atoms with E-state index in [1.54, 1.807) is 0 Å². The van der Waals surface area contributed by atoms with Crippen LogP contribution in [0.2, 0.25) is 0 Å². The van der Waals surface area contributed by atoms with Gasteiger partial charge in [-0.15, -0.1) is 0 Å². The summed E-state index contributed by atoms with van der Waals surface area (Å²) in [5.74, 6) is 1.66. The molecule has 4 nitrogen and oxygen atoms in total. The topological polar surface area (TPSA) is 51.0 Å². The number of nitrogens with one attached hydrogen (secondary N) is 1. The fourth-order valence-electron chi connectivity index (χ4n) is 2.45. The first-order valence-electron chi connectivity index (χ1n) is 7.45. The fourth-order valence-corrected chi connectivity index (χ4v) is 2.87. The molecular formula is C16H22BrN3O. The van der Waals surface area contributed by atoms with Gasteiger partial charge in [0.25, 0.3) is 0 Å². The number of likely N-dealkylation sites (N-methyl/N-ethyl adjacent to an activating group) is 1. The van der Waals surface area contributed by atoms with E-state index >= 15 is 0 Å². The third-order valence-corrected chi connectivity index (χ3v) is 4.46. The summed E-state index contributed by atoms with van der Waals surface area (Å²) in [6.45, 7) is 7.36. The van der Waals surface area contributed by atoms with Crippen molar-refractivity contribution in [3.63, 3.8) is 0 Å². The van der Waals surface area contributed by atoms with Gasteiger partial charge in [0.1, 0.15) is 0 Å². The van der Waals surface area contributed by atoms with Crippen molar-refractivity contribution in [2.75, 3.05) is 6.54 Å². The van der Waals surface area contributed by atoms with Gasteiger partial charge in [-0.2, -0.15) is 4.98 Å². The van der Waals surface area contributed by atoms with Gasteiger partial charge in [-0.25, -0.2) is 0 Å². The Kier molecular flexibility index (Phi) is 5.94. The molecule has 0 saturated heterocycles. The van der Waals surface area contributed by atoms with Crippen molar-refractivity contribution in [1.82, 2.24) is 15.5 Å². The number of hydrogen-bond acceptors (Lipinski definition) is 4. The van der Waals surface area contributed by atoms with E-state index in [-0.39, 0.29) is 5.92 Å². The van der Waals surface area contributed by atoms with Crippen LogP contribution in [0.1, 0.15) is 50.4 Å². The van der Waals surface area contributed by atoms with Crippen LogP contribution in [-0.4, -0.2) is 22.7 Å². The Balaban J connectivity index is 2.09. The summed E-state index contributed by atoms with van der Waals surface area (Å²) < 4.78 is 6.52. The van der Waals surface area contributed by atoms with Crippen LogP contribution >= 0.6 is 15.9 Å². The highest BCUT2D eigenvalue weighted by molar-refractivity contribution is 9.10. The first-order chi connectivity index (χ1) is 10.2. The normalized spacial score (nSPS) is 14.1. The molecular weight excluding hydrogens is 330 g/mol. The molecule has 1 N–H and O–H groups in total. The second-order valence-corrected chi connectivity index (χ2v) is 6.03. The van der Waals surface area contributed by atoms with Gasteiger partial charge in [0, 0.05) is 16.9 Å². The molecule has 1 heterocycles. The van der Waals surface area contributed by atoms with E-state index in [1.165, 1.54) is 0 Å². The van der Waals surface area contributed by atoms with Gasteiger partial charge in [-0.1, -0.05) is 60.1 Å². The van der Waals surface area contributed by atoms with Gasteiger partial charge < -0.3 is 9.84 Å². The molecule has 1 aromatic heterocycles. The monoisotopic (exact) mass is 351 g/mol. The summed E-state index contributed by atoms with van der Waals surface area (Å²) in [7, 11) is 0. The number of aromatic nitrogens is 2. The smallest absolute Gasteiger partial charge is 0.231 e. The summed E-state index contributed by atoms with van der Waals surface area (Å²) >= 11 is 3.55. The van der Waals surface area contributed by atoms with Crippen molar-refractivity contribution >= 4 is 15.9 Å². The van der Waals surface area contributed by atoms with Crippen LogP contribution < -0.4 is 5.32 Å². The quantitative estimate of drug-likeness (QED) is 0.821. The average Bonchev–Trinajstić information content (AvgIpc) is 2.95. The Morgan fingerprint density at radius 2 is 2.05 bits per heavy atom. The number of benzene rings is 1. The Bertz CT molecular complexity index is 570. The lowest BCUT2D eigenvalue weighted by Gasteiger charge is -2.20. The molecule has 2 unspecified atom stereocenters. The largest absolute Gasteiger partial charge is 0.339 e. The minimum Gasteiger partial charge on any atom is -0.339 e. The number of hydrogen-bond donors (Lipinski definition) is 1. The van der Waals surface area contributed by atoms with Crippen LogP contribution in [0.3, 0.4) is 0 Å². The average molecular weight is 352 g/mol. The number of halogens is 1. The Morgan fingerprint density at radius 1 is 1.29 bits per heavy atom. The lowest BCUT2D eigenvalue weighted by atomic mass is 9.99. The van der Waals surface area contributed by atoms with Crippen molar-refractivity contribution in [3.8, 4) is 0 Å². The zero-order chi connectivity index (χ0) is 15.2. The highest BCUT2D eigenvalue weighted by atomic mass is 79.9. The van der Waals surface area contributed by atoms with Crippen LogP contribution in [0, 0.1) is 0 Å². The van der Waals surface area contributed by atoms with Gasteiger partial charge in [0.2, 0.25) is 5.89 Å². The van der Waals surface area contributed by atoms with Gasteiger partial charge in [-0.3, -0.25) is 0 Å². The minimum atomic E-state index is 0.218. The summed E-state index contributed by atoms with van der Waals surface area (Å²) in [6.07, 6.45) is 1.71. The zero-order valence-electron chi connectivity index (χ0n) is 12.8. The van der Waals surface area contributed by atoms with Gasteiger partial charge in [-0.05, 0) is 24.6 Å². The van der Waals surface area contributed by atoms with Crippen molar-refractivity contribution in [2.24, 2.45) is 0 Å². The molecule has 2 rings (SSSR count). The molecule has 0 saturated carbocycles. The Morgan fingerprint density at radius 3 is 2.71 bits per heavy atom. The van der Waals surface area contributed by atoms with Gasteiger partial charge in [0.05, 0.1) is 5.92 Å². The number of nitrogens with zero attached hydrogens (tertiary/aromatic N) is 2. The predicted octanol–water partition coefficient (Wildman–Crippen LogP) is 3.91. The third-order valence-electron chi connectivity index (χ3n) is 3.69. The maximum Gasteiger partial charge on any atom is 0.231 e. The van der Waals surface area contributed by atoms with Crippen LogP contribution in [0.15, 0.2) is 33.3 Å². The lowest BCUT2D eigenvalue weighted by molar-refractivity contribution is 0.319. The molecule has 0 radical (unpaired) electrons. The van der Waals surface area contributed by atoms with Crippen LogP contribution in [0.4, 0.5) is 0 Å².